The van der Waals surface area contributed by atoms with E-state index in [4.69, 9.17) is 23.2 Å². The summed E-state index contributed by atoms with van der Waals surface area (Å²) in [5.74, 6) is -1.43. The van der Waals surface area contributed by atoms with Gasteiger partial charge in [-0.1, -0.05) is 35.3 Å². The van der Waals surface area contributed by atoms with Gasteiger partial charge in [0.2, 0.25) is 0 Å². The van der Waals surface area contributed by atoms with E-state index in [-0.39, 0.29) is 0 Å². The molecule has 0 amide bonds. The van der Waals surface area contributed by atoms with Crippen LogP contribution in [0.3, 0.4) is 0 Å². The lowest BCUT2D eigenvalue weighted by Gasteiger charge is -2.10. The summed E-state index contributed by atoms with van der Waals surface area (Å²) in [6, 6.07) is 8.42. The molecule has 2 rings (SSSR count). The third kappa shape index (κ3) is 3.14. The molecule has 0 unspecified atom stereocenters. The zero-order valence-corrected chi connectivity index (χ0v) is 10.9. The quantitative estimate of drug-likeness (QED) is 0.737. The Hall–Kier alpha value is -1.39. The van der Waals surface area contributed by atoms with E-state index < -0.39 is 18.2 Å². The van der Waals surface area contributed by atoms with Crippen molar-refractivity contribution in [2.24, 2.45) is 0 Å². The predicted molar refractivity (Wildman–Crippen MR) is 68.5 cm³/mol. The Morgan fingerprint density at radius 1 is 1.00 bits per heavy atom. The molecule has 0 saturated carbocycles. The van der Waals surface area contributed by atoms with E-state index in [9.17, 15) is 13.2 Å². The summed E-state index contributed by atoms with van der Waals surface area (Å²) in [4.78, 5) is 0. The summed E-state index contributed by atoms with van der Waals surface area (Å²) < 4.78 is 41.7. The average Bonchev–Trinajstić information content (AvgIpc) is 2.32. The van der Waals surface area contributed by atoms with Crippen molar-refractivity contribution in [2.45, 2.75) is 6.61 Å². The molecule has 0 spiro atoms. The van der Waals surface area contributed by atoms with Crippen molar-refractivity contribution in [3.05, 3.63) is 52.3 Å². The second kappa shape index (κ2) is 5.72. The molecule has 6 heteroatoms. The molecular formula is C13H7Cl2F3O. The van der Waals surface area contributed by atoms with E-state index in [1.54, 1.807) is 18.2 Å². The molecule has 0 aliphatic carbocycles. The van der Waals surface area contributed by atoms with Gasteiger partial charge < -0.3 is 4.74 Å². The van der Waals surface area contributed by atoms with Gasteiger partial charge in [-0.2, -0.15) is 8.78 Å². The third-order valence-corrected chi connectivity index (χ3v) is 3.03. The van der Waals surface area contributed by atoms with Gasteiger partial charge in [-0.05, 0) is 29.8 Å². The highest BCUT2D eigenvalue weighted by Crippen LogP contribution is 2.36. The Bertz CT molecular complexity index is 582. The Morgan fingerprint density at radius 2 is 1.63 bits per heavy atom. The minimum atomic E-state index is -3.08. The van der Waals surface area contributed by atoms with E-state index in [0.29, 0.717) is 21.2 Å². The Morgan fingerprint density at radius 3 is 2.16 bits per heavy atom. The van der Waals surface area contributed by atoms with Crippen molar-refractivity contribution in [1.82, 2.24) is 0 Å². The first kappa shape index (κ1) is 14.0. The number of ether oxygens (including phenoxy) is 1. The standard InChI is InChI=1S/C13H7Cl2F3O/c14-8-2-1-3-9(15)12(8)7-4-5-11(10(16)6-7)19-13(17)18/h1-6,13H. The maximum atomic E-state index is 13.6. The fourth-order valence-electron chi connectivity index (χ4n) is 1.62. The van der Waals surface area contributed by atoms with Gasteiger partial charge >= 0.3 is 6.61 Å². The molecule has 0 fully saturated rings. The summed E-state index contributed by atoms with van der Waals surface area (Å²) in [5, 5.41) is 0.684. The number of benzene rings is 2. The first-order valence-electron chi connectivity index (χ1n) is 5.18. The molecule has 19 heavy (non-hydrogen) atoms. The normalized spacial score (nSPS) is 10.8. The minimum Gasteiger partial charge on any atom is -0.432 e. The first-order valence-corrected chi connectivity index (χ1v) is 5.93. The maximum absolute atomic E-state index is 13.6. The van der Waals surface area contributed by atoms with Crippen molar-refractivity contribution in [2.75, 3.05) is 0 Å². The molecule has 100 valence electrons. The summed E-state index contributed by atoms with van der Waals surface area (Å²) in [5.41, 5.74) is 0.822. The topological polar surface area (TPSA) is 9.23 Å². The Labute approximate surface area is 117 Å². The number of halogens is 5. The van der Waals surface area contributed by atoms with Crippen LogP contribution in [0.25, 0.3) is 11.1 Å². The van der Waals surface area contributed by atoms with Gasteiger partial charge in [-0.3, -0.25) is 0 Å². The average molecular weight is 307 g/mol. The summed E-state index contributed by atoms with van der Waals surface area (Å²) in [6.45, 7) is -3.08. The molecule has 0 aliphatic rings. The maximum Gasteiger partial charge on any atom is 0.387 e. The van der Waals surface area contributed by atoms with E-state index in [1.807, 2.05) is 0 Å². The van der Waals surface area contributed by atoms with Crippen molar-refractivity contribution in [1.29, 1.82) is 0 Å². The number of rotatable bonds is 3. The van der Waals surface area contributed by atoms with Gasteiger partial charge in [0, 0.05) is 15.6 Å². The third-order valence-electron chi connectivity index (χ3n) is 2.40. The molecule has 0 radical (unpaired) electrons. The highest BCUT2D eigenvalue weighted by molar-refractivity contribution is 6.39. The van der Waals surface area contributed by atoms with Gasteiger partial charge in [0.05, 0.1) is 0 Å². The van der Waals surface area contributed by atoms with Crippen LogP contribution in [0.4, 0.5) is 13.2 Å². The minimum absolute atomic E-state index is 0.342. The lowest BCUT2D eigenvalue weighted by atomic mass is 10.1. The highest BCUT2D eigenvalue weighted by atomic mass is 35.5. The Kier molecular flexibility index (Phi) is 4.22. The summed E-state index contributed by atoms with van der Waals surface area (Å²) in [7, 11) is 0. The monoisotopic (exact) mass is 306 g/mol. The molecule has 0 atom stereocenters. The Balaban J connectivity index is 2.45. The second-order valence-electron chi connectivity index (χ2n) is 3.62. The van der Waals surface area contributed by atoms with Crippen LogP contribution >= 0.6 is 23.2 Å². The summed E-state index contributed by atoms with van der Waals surface area (Å²) >= 11 is 12.0. The van der Waals surface area contributed by atoms with Crippen LogP contribution < -0.4 is 4.74 Å². The molecular weight excluding hydrogens is 300 g/mol. The van der Waals surface area contributed by atoms with Crippen molar-refractivity contribution in [3.8, 4) is 16.9 Å². The molecule has 2 aromatic rings. The number of hydrogen-bond acceptors (Lipinski definition) is 1. The van der Waals surface area contributed by atoms with E-state index >= 15 is 0 Å². The molecule has 0 heterocycles. The molecule has 2 aromatic carbocycles. The van der Waals surface area contributed by atoms with Crippen LogP contribution in [0.1, 0.15) is 0 Å². The molecule has 0 N–H and O–H groups in total. The smallest absolute Gasteiger partial charge is 0.387 e. The molecule has 0 bridgehead atoms. The predicted octanol–water partition coefficient (Wildman–Crippen LogP) is 5.40. The van der Waals surface area contributed by atoms with Crippen LogP contribution in [0.15, 0.2) is 36.4 Å². The van der Waals surface area contributed by atoms with Crippen LogP contribution in [0, 0.1) is 5.82 Å². The molecule has 0 aromatic heterocycles. The van der Waals surface area contributed by atoms with Gasteiger partial charge in [0.1, 0.15) is 0 Å². The van der Waals surface area contributed by atoms with Gasteiger partial charge in [-0.25, -0.2) is 4.39 Å². The van der Waals surface area contributed by atoms with Crippen molar-refractivity contribution < 1.29 is 17.9 Å². The number of alkyl halides is 2. The van der Waals surface area contributed by atoms with Crippen molar-refractivity contribution in [3.63, 3.8) is 0 Å². The molecule has 0 saturated heterocycles. The van der Waals surface area contributed by atoms with E-state index in [1.165, 1.54) is 6.07 Å². The lowest BCUT2D eigenvalue weighted by molar-refractivity contribution is -0.0521. The highest BCUT2D eigenvalue weighted by Gasteiger charge is 2.13. The lowest BCUT2D eigenvalue weighted by Crippen LogP contribution is -2.03. The molecule has 0 aliphatic heterocycles. The van der Waals surface area contributed by atoms with Crippen LogP contribution in [0.5, 0.6) is 5.75 Å². The van der Waals surface area contributed by atoms with Crippen molar-refractivity contribution >= 4 is 23.2 Å². The molecule has 1 nitrogen and oxygen atoms in total. The van der Waals surface area contributed by atoms with Crippen LogP contribution in [-0.4, -0.2) is 6.61 Å². The first-order chi connectivity index (χ1) is 8.99. The van der Waals surface area contributed by atoms with Crippen LogP contribution in [-0.2, 0) is 0 Å². The van der Waals surface area contributed by atoms with Gasteiger partial charge in [0.25, 0.3) is 0 Å². The second-order valence-corrected chi connectivity index (χ2v) is 4.43. The fraction of sp³-hybridized carbons (Fsp3) is 0.0769. The van der Waals surface area contributed by atoms with Gasteiger partial charge in [-0.15, -0.1) is 0 Å². The SMILES string of the molecule is Fc1cc(-c2c(Cl)cccc2Cl)ccc1OC(F)F. The van der Waals surface area contributed by atoms with Gasteiger partial charge in [0.15, 0.2) is 11.6 Å². The number of hydrogen-bond donors (Lipinski definition) is 0. The summed E-state index contributed by atoms with van der Waals surface area (Å²) in [6.07, 6.45) is 0. The zero-order chi connectivity index (χ0) is 14.0. The zero-order valence-electron chi connectivity index (χ0n) is 9.34. The van der Waals surface area contributed by atoms with E-state index in [2.05, 4.69) is 4.74 Å². The fourth-order valence-corrected chi connectivity index (χ4v) is 2.24. The van der Waals surface area contributed by atoms with E-state index in [0.717, 1.165) is 12.1 Å². The largest absolute Gasteiger partial charge is 0.432 e. The van der Waals surface area contributed by atoms with Crippen LogP contribution in [0.2, 0.25) is 10.0 Å².